The number of ether oxygens (including phenoxy) is 1. The van der Waals surface area contributed by atoms with Gasteiger partial charge in [-0.3, -0.25) is 14.3 Å². The number of nitrogens with one attached hydrogen (secondary N) is 1. The Morgan fingerprint density at radius 2 is 2.08 bits per heavy atom. The standard InChI is InChI=1S/C26H43N2O7PS2Si/c1-15(2)17-10-11-26(7)19(12-17)34-36(37,38-26)35-21-18(14-32-39(8,9)25(4,5)6)33-23(20(21)29)28-13-16(3)22(30)27-24(28)31/h13,17-21,23,29H,1,10-12,14H2,2-9H3,(H,27,30,31)/t17-,18-,19+,20-,21-,23-,26+,36?/m1/s1. The van der Waals surface area contributed by atoms with Gasteiger partial charge in [0.2, 0.25) is 5.69 Å². The van der Waals surface area contributed by atoms with E-state index >= 15 is 0 Å². The first-order chi connectivity index (χ1) is 17.9. The molecule has 3 heterocycles. The van der Waals surface area contributed by atoms with Crippen LogP contribution in [0.25, 0.3) is 0 Å². The van der Waals surface area contributed by atoms with Crippen molar-refractivity contribution in [3.05, 3.63) is 44.8 Å². The molecule has 0 aromatic carbocycles. The topological polar surface area (TPSA) is 112 Å². The maximum atomic E-state index is 12.7. The number of aromatic amines is 1. The number of hydrogen-bond donors (Lipinski definition) is 2. The molecule has 39 heavy (non-hydrogen) atoms. The summed E-state index contributed by atoms with van der Waals surface area (Å²) in [6.45, 7) is 20.9. The van der Waals surface area contributed by atoms with Crippen molar-refractivity contribution in [2.24, 2.45) is 5.92 Å². The molecule has 1 aromatic heterocycles. The van der Waals surface area contributed by atoms with Crippen molar-refractivity contribution in [1.29, 1.82) is 0 Å². The van der Waals surface area contributed by atoms with Crippen molar-refractivity contribution >= 4 is 37.2 Å². The Balaban J connectivity index is 1.62. The lowest BCUT2D eigenvalue weighted by molar-refractivity contribution is -0.0528. The molecule has 0 radical (unpaired) electrons. The summed E-state index contributed by atoms with van der Waals surface area (Å²) in [5.74, 6) is 0.385. The number of aliphatic hydroxyl groups is 1. The fourth-order valence-electron chi connectivity index (χ4n) is 5.08. The molecule has 3 aliphatic rings. The van der Waals surface area contributed by atoms with Crippen LogP contribution in [0.5, 0.6) is 0 Å². The summed E-state index contributed by atoms with van der Waals surface area (Å²) in [7, 11) is -2.17. The summed E-state index contributed by atoms with van der Waals surface area (Å²) < 4.78 is 26.8. The lowest BCUT2D eigenvalue weighted by Gasteiger charge is -2.37. The predicted octanol–water partition coefficient (Wildman–Crippen LogP) is 5.00. The summed E-state index contributed by atoms with van der Waals surface area (Å²) in [6.07, 6.45) is 0.270. The number of fused-ring (bicyclic) bond motifs is 1. The smallest absolute Gasteiger partial charge is 0.330 e. The summed E-state index contributed by atoms with van der Waals surface area (Å²) in [5.41, 5.74) is -2.54. The van der Waals surface area contributed by atoms with Gasteiger partial charge in [-0.05, 0) is 75.9 Å². The molecule has 1 unspecified atom stereocenters. The lowest BCUT2D eigenvalue weighted by Crippen LogP contribution is -2.45. The monoisotopic (exact) mass is 618 g/mol. The van der Waals surface area contributed by atoms with Gasteiger partial charge in [0.15, 0.2) is 14.5 Å². The van der Waals surface area contributed by atoms with Crippen LogP contribution < -0.4 is 11.2 Å². The van der Waals surface area contributed by atoms with Crippen molar-refractivity contribution < 1.29 is 23.3 Å². The second-order valence-corrected chi connectivity index (χ2v) is 24.3. The predicted molar refractivity (Wildman–Crippen MR) is 161 cm³/mol. The third kappa shape index (κ3) is 6.29. The second-order valence-electron chi connectivity index (χ2n) is 12.9. The summed E-state index contributed by atoms with van der Waals surface area (Å²) in [4.78, 5) is 27.0. The molecule has 2 N–H and O–H groups in total. The van der Waals surface area contributed by atoms with Crippen LogP contribution in [0.1, 0.15) is 65.7 Å². The van der Waals surface area contributed by atoms with E-state index in [4.69, 9.17) is 30.0 Å². The van der Waals surface area contributed by atoms with E-state index in [2.05, 4.69) is 59.3 Å². The zero-order chi connectivity index (χ0) is 29.1. The minimum absolute atomic E-state index is 0.0340. The Morgan fingerprint density at radius 3 is 2.69 bits per heavy atom. The first kappa shape index (κ1) is 31.4. The quantitative estimate of drug-likeness (QED) is 0.248. The number of hydrogen-bond acceptors (Lipinski definition) is 9. The maximum absolute atomic E-state index is 12.7. The minimum atomic E-state index is -2.87. The number of H-pyrrole nitrogens is 1. The van der Waals surface area contributed by atoms with Crippen molar-refractivity contribution in [2.45, 2.75) is 114 Å². The van der Waals surface area contributed by atoms with Gasteiger partial charge in [-0.2, -0.15) is 0 Å². The molecule has 9 nitrogen and oxygen atoms in total. The van der Waals surface area contributed by atoms with Crippen LogP contribution in [-0.2, 0) is 30.0 Å². The SMILES string of the molecule is C=C(C)[C@@H]1CC[C@]2(C)SP(=S)(O[C@H]3[C@@H](O)[C@H](n4cc(C)c(=O)[nH]c4=O)O[C@@H]3CO[Si](C)(C)C(C)(C)C)O[C@H]2C1. The molecule has 2 saturated heterocycles. The first-order valence-electron chi connectivity index (χ1n) is 13.5. The third-order valence-corrected chi connectivity index (χ3v) is 19.1. The molecule has 0 amide bonds. The van der Waals surface area contributed by atoms with Gasteiger partial charge in [0.25, 0.3) is 5.56 Å². The van der Waals surface area contributed by atoms with Gasteiger partial charge in [0, 0.05) is 16.5 Å². The van der Waals surface area contributed by atoms with E-state index in [0.717, 1.165) is 24.8 Å². The second kappa shape index (κ2) is 10.9. The van der Waals surface area contributed by atoms with Crippen molar-refractivity contribution in [3.63, 3.8) is 0 Å². The fourth-order valence-corrected chi connectivity index (χ4v) is 13.6. The van der Waals surface area contributed by atoms with E-state index in [1.807, 2.05) is 0 Å². The molecular weight excluding hydrogens is 575 g/mol. The molecule has 8 atom stereocenters. The molecule has 0 spiro atoms. The van der Waals surface area contributed by atoms with Gasteiger partial charge in [-0.1, -0.05) is 44.3 Å². The maximum Gasteiger partial charge on any atom is 0.330 e. The molecule has 1 aliphatic carbocycles. The van der Waals surface area contributed by atoms with Gasteiger partial charge in [0.05, 0.1) is 12.7 Å². The van der Waals surface area contributed by atoms with E-state index in [9.17, 15) is 14.7 Å². The van der Waals surface area contributed by atoms with Crippen LogP contribution >= 0.6 is 17.1 Å². The highest BCUT2D eigenvalue weighted by molar-refractivity contribution is 8.68. The Morgan fingerprint density at radius 1 is 1.41 bits per heavy atom. The number of nitrogens with zero attached hydrogens (tertiary/aromatic N) is 1. The Labute approximate surface area is 241 Å². The highest BCUT2D eigenvalue weighted by Gasteiger charge is 2.57. The van der Waals surface area contributed by atoms with Gasteiger partial charge >= 0.3 is 5.69 Å². The summed E-state index contributed by atoms with van der Waals surface area (Å²) >= 11 is 7.60. The molecule has 220 valence electrons. The van der Waals surface area contributed by atoms with Crippen LogP contribution in [-0.4, -0.2) is 58.7 Å². The third-order valence-electron chi connectivity index (χ3n) is 8.84. The average Bonchev–Trinajstić information content (AvgIpc) is 3.25. The van der Waals surface area contributed by atoms with E-state index in [0.29, 0.717) is 11.5 Å². The lowest BCUT2D eigenvalue weighted by atomic mass is 9.77. The van der Waals surface area contributed by atoms with Crippen molar-refractivity contribution in [1.82, 2.24) is 9.55 Å². The van der Waals surface area contributed by atoms with Crippen LogP contribution in [0.3, 0.4) is 0 Å². The van der Waals surface area contributed by atoms with E-state index in [-0.39, 0.29) is 22.5 Å². The molecule has 3 fully saturated rings. The molecule has 4 rings (SSSR count). The highest BCUT2D eigenvalue weighted by atomic mass is 32.9. The van der Waals surface area contributed by atoms with E-state index < -0.39 is 49.8 Å². The zero-order valence-corrected chi connectivity index (χ0v) is 27.7. The molecule has 0 bridgehead atoms. The molecular formula is C26H43N2O7PS2Si. The van der Waals surface area contributed by atoms with Crippen molar-refractivity contribution in [2.75, 3.05) is 6.61 Å². The Kier molecular flexibility index (Phi) is 8.79. The summed E-state index contributed by atoms with van der Waals surface area (Å²) in [6, 6.07) is 0. The Hall–Kier alpha value is -0.563. The van der Waals surface area contributed by atoms with Gasteiger partial charge in [0.1, 0.15) is 18.3 Å². The highest BCUT2D eigenvalue weighted by Crippen LogP contribution is 2.76. The number of aryl methyl sites for hydroxylation is 1. The summed E-state index contributed by atoms with van der Waals surface area (Å²) in [5, 5.41) is 11.5. The average molecular weight is 619 g/mol. The number of aliphatic hydroxyl groups excluding tert-OH is 1. The van der Waals surface area contributed by atoms with E-state index in [1.54, 1.807) is 18.3 Å². The minimum Gasteiger partial charge on any atom is -0.414 e. The molecule has 13 heteroatoms. The van der Waals surface area contributed by atoms with Crippen LogP contribution in [0.4, 0.5) is 0 Å². The number of allylic oxidation sites excluding steroid dienone is 1. The van der Waals surface area contributed by atoms with Crippen molar-refractivity contribution in [3.8, 4) is 0 Å². The molecule has 1 saturated carbocycles. The van der Waals surface area contributed by atoms with Crippen LogP contribution in [0.15, 0.2) is 27.9 Å². The van der Waals surface area contributed by atoms with Crippen LogP contribution in [0.2, 0.25) is 18.1 Å². The van der Waals surface area contributed by atoms with E-state index in [1.165, 1.54) is 10.8 Å². The van der Waals surface area contributed by atoms with Gasteiger partial charge in [-0.15, -0.1) is 0 Å². The molecule has 2 aliphatic heterocycles. The van der Waals surface area contributed by atoms with Crippen LogP contribution in [0, 0.1) is 12.8 Å². The number of rotatable bonds is 7. The van der Waals surface area contributed by atoms with Gasteiger partial charge < -0.3 is 23.3 Å². The Bertz CT molecular complexity index is 1280. The fraction of sp³-hybridized carbons (Fsp3) is 0.769. The normalized spacial score (nSPS) is 37.2. The number of aromatic nitrogens is 2. The first-order valence-corrected chi connectivity index (χ1v) is 20.5. The van der Waals surface area contributed by atoms with Gasteiger partial charge in [-0.25, -0.2) is 4.79 Å². The largest absolute Gasteiger partial charge is 0.414 e. The molecule has 1 aromatic rings. The zero-order valence-electron chi connectivity index (χ0n) is 24.2.